The van der Waals surface area contributed by atoms with Crippen LogP contribution in [0.3, 0.4) is 0 Å². The minimum absolute atomic E-state index is 0.127. The van der Waals surface area contributed by atoms with E-state index >= 15 is 0 Å². The van der Waals surface area contributed by atoms with Crippen LogP contribution in [0.4, 0.5) is 14.6 Å². The molecule has 4 heterocycles. The molecule has 2 aromatic heterocycles. The normalized spacial score (nSPS) is 19.9. The Morgan fingerprint density at radius 2 is 1.98 bits per heavy atom. The Morgan fingerprint density at radius 3 is 2.65 bits per heavy atom. The average molecular weight is 560 g/mol. The first-order valence-electron chi connectivity index (χ1n) is 13.1. The number of para-hydroxylation sites is 1. The van der Waals surface area contributed by atoms with E-state index in [2.05, 4.69) is 15.5 Å². The molecule has 2 saturated heterocycles. The lowest BCUT2D eigenvalue weighted by Crippen LogP contribution is -2.36. The van der Waals surface area contributed by atoms with Crippen molar-refractivity contribution in [3.8, 4) is 11.5 Å². The summed E-state index contributed by atoms with van der Waals surface area (Å²) >= 11 is 0. The van der Waals surface area contributed by atoms with E-state index in [0.717, 1.165) is 41.9 Å². The molecule has 11 nitrogen and oxygen atoms in total. The molecule has 0 aliphatic carbocycles. The number of halogens is 2. The number of nitrogens with zero attached hydrogens (tertiary/aromatic N) is 4. The van der Waals surface area contributed by atoms with Gasteiger partial charge in [0.1, 0.15) is 12.1 Å². The summed E-state index contributed by atoms with van der Waals surface area (Å²) in [5.74, 6) is -3.34. The topological polar surface area (TPSA) is 119 Å². The quantitative estimate of drug-likeness (QED) is 0.422. The number of aromatic nitrogens is 4. The molecule has 2 aliphatic heterocycles. The Balaban J connectivity index is 1.32. The maximum atomic E-state index is 14.0. The second-order valence-electron chi connectivity index (χ2n) is 10.3. The van der Waals surface area contributed by atoms with Crippen molar-refractivity contribution in [1.82, 2.24) is 19.6 Å². The monoisotopic (exact) mass is 559 g/mol. The summed E-state index contributed by atoms with van der Waals surface area (Å²) in [6, 6.07) is 5.01. The van der Waals surface area contributed by atoms with E-state index in [-0.39, 0.29) is 17.8 Å². The highest BCUT2D eigenvalue weighted by Gasteiger charge is 2.33. The summed E-state index contributed by atoms with van der Waals surface area (Å²) in [4.78, 5) is 26.5. The van der Waals surface area contributed by atoms with E-state index in [1.807, 2.05) is 13.8 Å². The molecule has 0 bridgehead atoms. The predicted molar refractivity (Wildman–Crippen MR) is 138 cm³/mol. The summed E-state index contributed by atoms with van der Waals surface area (Å²) < 4.78 is 52.8. The molecule has 2 aliphatic rings. The van der Waals surface area contributed by atoms with E-state index < -0.39 is 40.7 Å². The largest absolute Gasteiger partial charge is 0.449 e. The van der Waals surface area contributed by atoms with Crippen LogP contribution in [0, 0.1) is 17.6 Å². The van der Waals surface area contributed by atoms with Gasteiger partial charge in [-0.1, -0.05) is 6.07 Å². The van der Waals surface area contributed by atoms with Crippen LogP contribution in [-0.2, 0) is 25.5 Å². The van der Waals surface area contributed by atoms with E-state index in [4.69, 9.17) is 18.9 Å². The molecule has 2 unspecified atom stereocenters. The Morgan fingerprint density at radius 1 is 1.23 bits per heavy atom. The SMILES string of the molecule is CC1(C)OCC(Cn2ccc(NC(=O)C(CC3CCOCC3)n3ncc(Oc4c(F)cccc4F)cc3=O)n2)O1. The van der Waals surface area contributed by atoms with Gasteiger partial charge in [0.15, 0.2) is 34.7 Å². The van der Waals surface area contributed by atoms with Crippen LogP contribution in [0.1, 0.15) is 39.2 Å². The van der Waals surface area contributed by atoms with Gasteiger partial charge in [-0.15, -0.1) is 0 Å². The lowest BCUT2D eigenvalue weighted by atomic mass is 9.92. The highest BCUT2D eigenvalue weighted by molar-refractivity contribution is 5.92. The molecule has 40 heavy (non-hydrogen) atoms. The van der Waals surface area contributed by atoms with Crippen molar-refractivity contribution in [3.63, 3.8) is 0 Å². The van der Waals surface area contributed by atoms with Crippen molar-refractivity contribution in [3.05, 3.63) is 64.7 Å². The van der Waals surface area contributed by atoms with Crippen molar-refractivity contribution >= 4 is 11.7 Å². The van der Waals surface area contributed by atoms with Crippen LogP contribution in [-0.4, -0.2) is 57.2 Å². The molecular formula is C27H31F2N5O6. The van der Waals surface area contributed by atoms with Crippen LogP contribution < -0.4 is 15.6 Å². The van der Waals surface area contributed by atoms with Gasteiger partial charge in [0, 0.05) is 31.5 Å². The van der Waals surface area contributed by atoms with Crippen LogP contribution >= 0.6 is 0 Å². The molecule has 0 spiro atoms. The van der Waals surface area contributed by atoms with Gasteiger partial charge in [-0.2, -0.15) is 10.2 Å². The van der Waals surface area contributed by atoms with Gasteiger partial charge in [0.2, 0.25) is 0 Å². The van der Waals surface area contributed by atoms with Crippen LogP contribution in [0.5, 0.6) is 11.5 Å². The molecule has 5 rings (SSSR count). The number of hydrogen-bond acceptors (Lipinski definition) is 8. The number of amides is 1. The first kappa shape index (κ1) is 27.9. The number of anilines is 1. The lowest BCUT2D eigenvalue weighted by Gasteiger charge is -2.26. The van der Waals surface area contributed by atoms with Gasteiger partial charge in [0.25, 0.3) is 11.5 Å². The van der Waals surface area contributed by atoms with Gasteiger partial charge < -0.3 is 24.3 Å². The standard InChI is InChI=1S/C27H31F2N5O6/c1-27(2)38-16-19(40-27)15-33-9-6-23(32-33)31-26(36)22(12-17-7-10-37-11-8-17)34-24(35)13-18(14-30-34)39-25-20(28)4-3-5-21(25)29/h3-6,9,13-14,17,19,22H,7-8,10-12,15-16H2,1-2H3,(H,31,32,36). The van der Waals surface area contributed by atoms with E-state index in [0.29, 0.717) is 38.6 Å². The number of nitrogens with one attached hydrogen (secondary N) is 1. The number of benzene rings is 1. The minimum atomic E-state index is -0.965. The Bertz CT molecular complexity index is 1380. The number of carbonyl (C=O) groups excluding carboxylic acids is 1. The minimum Gasteiger partial charge on any atom is -0.449 e. The molecule has 1 N–H and O–H groups in total. The third-order valence-corrected chi connectivity index (χ3v) is 6.79. The molecule has 3 aromatic rings. The zero-order valence-corrected chi connectivity index (χ0v) is 22.2. The maximum absolute atomic E-state index is 14.0. The second kappa shape index (κ2) is 11.8. The van der Waals surface area contributed by atoms with E-state index in [9.17, 15) is 18.4 Å². The van der Waals surface area contributed by atoms with Crippen molar-refractivity contribution < 1.29 is 32.5 Å². The van der Waals surface area contributed by atoms with Gasteiger partial charge >= 0.3 is 0 Å². The fraction of sp³-hybridized carbons (Fsp3) is 0.481. The van der Waals surface area contributed by atoms with Crippen molar-refractivity contribution in [2.24, 2.45) is 5.92 Å². The van der Waals surface area contributed by atoms with Crippen molar-refractivity contribution in [2.75, 3.05) is 25.1 Å². The van der Waals surface area contributed by atoms with Crippen LogP contribution in [0.2, 0.25) is 0 Å². The number of carbonyl (C=O) groups is 1. The molecule has 0 saturated carbocycles. The Labute approximate surface area is 229 Å². The molecule has 1 amide bonds. The smallest absolute Gasteiger partial charge is 0.271 e. The van der Waals surface area contributed by atoms with E-state index in [1.54, 1.807) is 16.9 Å². The first-order valence-corrected chi connectivity index (χ1v) is 13.1. The number of ether oxygens (including phenoxy) is 4. The zero-order chi connectivity index (χ0) is 28.3. The number of rotatable bonds is 9. The fourth-order valence-corrected chi connectivity index (χ4v) is 4.81. The molecular weight excluding hydrogens is 528 g/mol. The van der Waals surface area contributed by atoms with E-state index in [1.165, 1.54) is 6.07 Å². The summed E-state index contributed by atoms with van der Waals surface area (Å²) in [6.45, 7) is 5.68. The number of hydrogen-bond donors (Lipinski definition) is 1. The Hall–Kier alpha value is -3.68. The summed E-state index contributed by atoms with van der Waals surface area (Å²) in [6.07, 6.45) is 4.50. The Kier molecular flexibility index (Phi) is 8.24. The van der Waals surface area contributed by atoms with Gasteiger partial charge in [0.05, 0.1) is 19.3 Å². The molecule has 2 atom stereocenters. The van der Waals surface area contributed by atoms with Crippen LogP contribution in [0.25, 0.3) is 0 Å². The van der Waals surface area contributed by atoms with Gasteiger partial charge in [-0.05, 0) is 51.2 Å². The van der Waals surface area contributed by atoms with Crippen molar-refractivity contribution in [2.45, 2.75) is 57.6 Å². The van der Waals surface area contributed by atoms with Crippen molar-refractivity contribution in [1.29, 1.82) is 0 Å². The average Bonchev–Trinajstić information content (AvgIpc) is 3.50. The van der Waals surface area contributed by atoms with Crippen LogP contribution in [0.15, 0.2) is 47.5 Å². The lowest BCUT2D eigenvalue weighted by molar-refractivity contribution is -0.139. The first-order chi connectivity index (χ1) is 19.2. The highest BCUT2D eigenvalue weighted by Crippen LogP contribution is 2.29. The molecule has 214 valence electrons. The third kappa shape index (κ3) is 6.72. The molecule has 0 radical (unpaired) electrons. The highest BCUT2D eigenvalue weighted by atomic mass is 19.1. The summed E-state index contributed by atoms with van der Waals surface area (Å²) in [5, 5.41) is 11.3. The predicted octanol–water partition coefficient (Wildman–Crippen LogP) is 3.66. The maximum Gasteiger partial charge on any atom is 0.271 e. The summed E-state index contributed by atoms with van der Waals surface area (Å²) in [5.41, 5.74) is -0.659. The van der Waals surface area contributed by atoms with Gasteiger partial charge in [-0.25, -0.2) is 13.5 Å². The third-order valence-electron chi connectivity index (χ3n) is 6.79. The molecule has 1 aromatic carbocycles. The molecule has 13 heteroatoms. The fourth-order valence-electron chi connectivity index (χ4n) is 4.81. The van der Waals surface area contributed by atoms with Gasteiger partial charge in [-0.3, -0.25) is 14.3 Å². The zero-order valence-electron chi connectivity index (χ0n) is 22.2. The molecule has 2 fully saturated rings. The summed E-state index contributed by atoms with van der Waals surface area (Å²) in [7, 11) is 0. The second-order valence-corrected chi connectivity index (χ2v) is 10.3.